The molecule has 0 saturated carbocycles. The molecule has 0 bridgehead atoms. The van der Waals surface area contributed by atoms with Crippen LogP contribution < -0.4 is 4.74 Å². The highest BCUT2D eigenvalue weighted by Gasteiger charge is 2.04. The van der Waals surface area contributed by atoms with Gasteiger partial charge in [-0.15, -0.1) is 0 Å². The molecule has 0 radical (unpaired) electrons. The van der Waals surface area contributed by atoms with Crippen LogP contribution in [0.3, 0.4) is 0 Å². The van der Waals surface area contributed by atoms with Gasteiger partial charge in [-0.25, -0.2) is 0 Å². The second-order valence-electron chi connectivity index (χ2n) is 2.58. The first-order chi connectivity index (χ1) is 6.90. The van der Waals surface area contributed by atoms with Gasteiger partial charge in [-0.2, -0.15) is 9.36 Å². The van der Waals surface area contributed by atoms with Gasteiger partial charge >= 0.3 is 0 Å². The van der Waals surface area contributed by atoms with Crippen molar-refractivity contribution in [3.8, 4) is 10.9 Å². The van der Waals surface area contributed by atoms with Crippen molar-refractivity contribution in [3.63, 3.8) is 0 Å². The maximum Gasteiger partial charge on any atom is 0.298 e. The Kier molecular flexibility index (Phi) is 2.71. The molecule has 4 nitrogen and oxygen atoms in total. The number of hydrogen-bond acceptors (Lipinski definition) is 5. The van der Waals surface area contributed by atoms with Gasteiger partial charge in [0.1, 0.15) is 12.1 Å². The molecule has 0 aliphatic rings. The van der Waals surface area contributed by atoms with E-state index in [1.807, 2.05) is 12.1 Å². The SMILES string of the molecule is OCc1ccccc1Oc1ncns1. The minimum atomic E-state index is -0.0466. The standard InChI is InChI=1S/C9H8N2O2S/c12-5-7-3-1-2-4-8(7)13-9-10-6-11-14-9/h1-4,6,12H,5H2. The fourth-order valence-corrected chi connectivity index (χ4v) is 1.44. The third kappa shape index (κ3) is 1.89. The largest absolute Gasteiger partial charge is 0.429 e. The Morgan fingerprint density at radius 3 is 2.93 bits per heavy atom. The molecule has 0 aliphatic heterocycles. The second kappa shape index (κ2) is 4.17. The van der Waals surface area contributed by atoms with Crippen LogP contribution in [0.15, 0.2) is 30.6 Å². The molecule has 0 spiro atoms. The van der Waals surface area contributed by atoms with E-state index in [0.29, 0.717) is 10.9 Å². The van der Waals surface area contributed by atoms with Crippen LogP contribution in [0.25, 0.3) is 0 Å². The highest BCUT2D eigenvalue weighted by Crippen LogP contribution is 2.25. The molecule has 5 heteroatoms. The van der Waals surface area contributed by atoms with E-state index in [4.69, 9.17) is 9.84 Å². The maximum absolute atomic E-state index is 9.03. The molecule has 0 amide bonds. The molecule has 72 valence electrons. The average Bonchev–Trinajstić information content (AvgIpc) is 2.71. The summed E-state index contributed by atoms with van der Waals surface area (Å²) in [5.41, 5.74) is 0.739. The monoisotopic (exact) mass is 208 g/mol. The Balaban J connectivity index is 2.24. The number of para-hydroxylation sites is 1. The first-order valence-corrected chi connectivity index (χ1v) is 4.81. The van der Waals surface area contributed by atoms with E-state index in [-0.39, 0.29) is 6.61 Å². The Bertz CT molecular complexity index is 403. The predicted molar refractivity (Wildman–Crippen MR) is 52.3 cm³/mol. The smallest absolute Gasteiger partial charge is 0.298 e. The highest BCUT2D eigenvalue weighted by atomic mass is 32.1. The second-order valence-corrected chi connectivity index (χ2v) is 3.32. The van der Waals surface area contributed by atoms with Crippen LogP contribution in [0.4, 0.5) is 0 Å². The Morgan fingerprint density at radius 2 is 2.21 bits per heavy atom. The number of ether oxygens (including phenoxy) is 1. The number of hydrogen-bond donors (Lipinski definition) is 1. The molecule has 2 aromatic rings. The highest BCUT2D eigenvalue weighted by molar-refractivity contribution is 7.07. The van der Waals surface area contributed by atoms with Crippen molar-refractivity contribution in [1.82, 2.24) is 9.36 Å². The van der Waals surface area contributed by atoms with Crippen molar-refractivity contribution in [3.05, 3.63) is 36.2 Å². The molecule has 1 aromatic heterocycles. The van der Waals surface area contributed by atoms with Crippen LogP contribution >= 0.6 is 11.5 Å². The molecule has 1 heterocycles. The Morgan fingerprint density at radius 1 is 1.36 bits per heavy atom. The van der Waals surface area contributed by atoms with Crippen molar-refractivity contribution in [2.24, 2.45) is 0 Å². The van der Waals surface area contributed by atoms with Gasteiger partial charge in [0.15, 0.2) is 0 Å². The zero-order valence-corrected chi connectivity index (χ0v) is 8.07. The summed E-state index contributed by atoms with van der Waals surface area (Å²) in [5, 5.41) is 9.51. The third-order valence-electron chi connectivity index (χ3n) is 1.68. The minimum Gasteiger partial charge on any atom is -0.429 e. The Hall–Kier alpha value is -1.46. The number of aliphatic hydroxyl groups is 1. The van der Waals surface area contributed by atoms with Gasteiger partial charge in [0.05, 0.1) is 6.61 Å². The van der Waals surface area contributed by atoms with E-state index >= 15 is 0 Å². The molecule has 0 atom stereocenters. The first-order valence-electron chi connectivity index (χ1n) is 4.03. The fraction of sp³-hybridized carbons (Fsp3) is 0.111. The van der Waals surface area contributed by atoms with Crippen LogP contribution in [-0.2, 0) is 6.61 Å². The summed E-state index contributed by atoms with van der Waals surface area (Å²) in [6, 6.07) is 7.28. The number of aliphatic hydroxyl groups excluding tert-OH is 1. The lowest BCUT2D eigenvalue weighted by Crippen LogP contribution is -1.90. The van der Waals surface area contributed by atoms with Crippen molar-refractivity contribution >= 4 is 11.5 Å². The summed E-state index contributed by atoms with van der Waals surface area (Å²) in [4.78, 5) is 3.89. The fourth-order valence-electron chi connectivity index (χ4n) is 1.04. The zero-order chi connectivity index (χ0) is 9.80. The van der Waals surface area contributed by atoms with Gasteiger partial charge in [0.2, 0.25) is 0 Å². The van der Waals surface area contributed by atoms with Gasteiger partial charge < -0.3 is 9.84 Å². The average molecular weight is 208 g/mol. The van der Waals surface area contributed by atoms with Gasteiger partial charge in [0.25, 0.3) is 5.19 Å². The number of nitrogens with zero attached hydrogens (tertiary/aromatic N) is 2. The topological polar surface area (TPSA) is 55.2 Å². The van der Waals surface area contributed by atoms with Crippen LogP contribution in [0.1, 0.15) is 5.56 Å². The van der Waals surface area contributed by atoms with Crippen molar-refractivity contribution in [2.75, 3.05) is 0 Å². The summed E-state index contributed by atoms with van der Waals surface area (Å²) in [6.45, 7) is -0.0466. The van der Waals surface area contributed by atoms with E-state index in [0.717, 1.165) is 5.56 Å². The summed E-state index contributed by atoms with van der Waals surface area (Å²) in [5.74, 6) is 0.617. The lowest BCUT2D eigenvalue weighted by atomic mass is 10.2. The number of benzene rings is 1. The van der Waals surface area contributed by atoms with Gasteiger partial charge in [-0.3, -0.25) is 0 Å². The van der Waals surface area contributed by atoms with Crippen molar-refractivity contribution < 1.29 is 9.84 Å². The van der Waals surface area contributed by atoms with E-state index in [2.05, 4.69) is 9.36 Å². The van der Waals surface area contributed by atoms with Crippen LogP contribution in [0, 0.1) is 0 Å². The van der Waals surface area contributed by atoms with E-state index < -0.39 is 0 Å². The van der Waals surface area contributed by atoms with Gasteiger partial charge in [-0.1, -0.05) is 18.2 Å². The van der Waals surface area contributed by atoms with Crippen LogP contribution in [0.5, 0.6) is 10.9 Å². The lowest BCUT2D eigenvalue weighted by molar-refractivity contribution is 0.276. The quantitative estimate of drug-likeness (QED) is 0.836. The van der Waals surface area contributed by atoms with E-state index in [1.54, 1.807) is 12.1 Å². The molecule has 0 unspecified atom stereocenters. The molecule has 0 fully saturated rings. The van der Waals surface area contributed by atoms with Crippen LogP contribution in [0.2, 0.25) is 0 Å². The maximum atomic E-state index is 9.03. The summed E-state index contributed by atoms with van der Waals surface area (Å²) in [6.07, 6.45) is 1.43. The molecule has 14 heavy (non-hydrogen) atoms. The molecule has 0 saturated heterocycles. The molecular weight excluding hydrogens is 200 g/mol. The van der Waals surface area contributed by atoms with Crippen molar-refractivity contribution in [1.29, 1.82) is 0 Å². The van der Waals surface area contributed by atoms with Crippen LogP contribution in [-0.4, -0.2) is 14.5 Å². The summed E-state index contributed by atoms with van der Waals surface area (Å²) in [7, 11) is 0. The molecule has 2 rings (SSSR count). The minimum absolute atomic E-state index is 0.0466. The normalized spacial score (nSPS) is 10.1. The molecular formula is C9H8N2O2S. The number of rotatable bonds is 3. The van der Waals surface area contributed by atoms with E-state index in [9.17, 15) is 0 Å². The Labute approximate surface area is 85.0 Å². The van der Waals surface area contributed by atoms with Crippen molar-refractivity contribution in [2.45, 2.75) is 6.61 Å². The molecule has 1 N–H and O–H groups in total. The van der Waals surface area contributed by atoms with Gasteiger partial charge in [0, 0.05) is 17.1 Å². The number of aromatic nitrogens is 2. The summed E-state index contributed by atoms with van der Waals surface area (Å²) >= 11 is 1.17. The lowest BCUT2D eigenvalue weighted by Gasteiger charge is -2.05. The zero-order valence-electron chi connectivity index (χ0n) is 7.25. The first kappa shape index (κ1) is 9.11. The third-order valence-corrected chi connectivity index (χ3v) is 2.23. The molecule has 0 aliphatic carbocycles. The van der Waals surface area contributed by atoms with E-state index in [1.165, 1.54) is 17.9 Å². The molecule has 1 aromatic carbocycles. The summed E-state index contributed by atoms with van der Waals surface area (Å²) < 4.78 is 9.24. The predicted octanol–water partition coefficient (Wildman–Crippen LogP) is 1.82. The van der Waals surface area contributed by atoms with Gasteiger partial charge in [-0.05, 0) is 6.07 Å².